The molecule has 0 aliphatic rings. The Balaban J connectivity index is 1.59. The highest BCUT2D eigenvalue weighted by Crippen LogP contribution is 2.18. The molecule has 0 saturated carbocycles. The summed E-state index contributed by atoms with van der Waals surface area (Å²) in [5, 5.41) is 6.96. The summed E-state index contributed by atoms with van der Waals surface area (Å²) in [4.78, 5) is 27.7. The molecule has 0 saturated heterocycles. The molecular weight excluding hydrogens is 338 g/mol. The van der Waals surface area contributed by atoms with Gasteiger partial charge in [0.1, 0.15) is 0 Å². The molecule has 2 amide bonds. The van der Waals surface area contributed by atoms with E-state index < -0.39 is 0 Å². The number of amides is 2. The van der Waals surface area contributed by atoms with Crippen LogP contribution in [0.15, 0.2) is 54.7 Å². The summed E-state index contributed by atoms with van der Waals surface area (Å²) in [5.41, 5.74) is 3.52. The molecule has 0 aliphatic carbocycles. The third kappa shape index (κ3) is 4.76. The van der Waals surface area contributed by atoms with Gasteiger partial charge in [-0.15, -0.1) is 0 Å². The third-order valence-electron chi connectivity index (χ3n) is 4.69. The van der Waals surface area contributed by atoms with Crippen LogP contribution in [-0.4, -0.2) is 22.8 Å². The molecule has 0 aliphatic heterocycles. The predicted molar refractivity (Wildman–Crippen MR) is 108 cm³/mol. The van der Waals surface area contributed by atoms with Crippen molar-refractivity contribution in [1.29, 1.82) is 0 Å². The van der Waals surface area contributed by atoms with E-state index in [9.17, 15) is 9.59 Å². The number of hydrogen-bond acceptors (Lipinski definition) is 2. The van der Waals surface area contributed by atoms with Crippen LogP contribution >= 0.6 is 0 Å². The summed E-state index contributed by atoms with van der Waals surface area (Å²) in [6, 6.07) is 15.4. The van der Waals surface area contributed by atoms with Gasteiger partial charge in [-0.3, -0.25) is 9.59 Å². The van der Waals surface area contributed by atoms with E-state index in [1.54, 1.807) is 6.07 Å². The van der Waals surface area contributed by atoms with E-state index in [-0.39, 0.29) is 17.9 Å². The summed E-state index contributed by atoms with van der Waals surface area (Å²) >= 11 is 0. The van der Waals surface area contributed by atoms with Crippen LogP contribution in [0.25, 0.3) is 10.9 Å². The first-order valence-corrected chi connectivity index (χ1v) is 9.28. The maximum atomic E-state index is 12.3. The maximum Gasteiger partial charge on any atom is 0.251 e. The minimum atomic E-state index is -0.0867. The number of fused-ring (bicyclic) bond motifs is 1. The van der Waals surface area contributed by atoms with E-state index in [1.807, 2.05) is 62.5 Å². The van der Waals surface area contributed by atoms with Gasteiger partial charge in [-0.2, -0.15) is 0 Å². The number of rotatable bonds is 7. The molecule has 0 fully saturated rings. The Morgan fingerprint density at radius 3 is 2.74 bits per heavy atom. The number of aromatic nitrogens is 1. The SMILES string of the molecule is CC[C@@H](C)NC(=O)c1cccc(CNC(=O)Cc2c[nH]c3ccccc23)c1. The van der Waals surface area contributed by atoms with Crippen LogP contribution < -0.4 is 10.6 Å². The molecule has 1 heterocycles. The van der Waals surface area contributed by atoms with Crippen LogP contribution in [0.5, 0.6) is 0 Å². The van der Waals surface area contributed by atoms with Gasteiger partial charge in [-0.1, -0.05) is 37.3 Å². The van der Waals surface area contributed by atoms with Crippen LogP contribution in [0.3, 0.4) is 0 Å². The van der Waals surface area contributed by atoms with Crippen molar-refractivity contribution in [1.82, 2.24) is 15.6 Å². The zero-order valence-corrected chi connectivity index (χ0v) is 15.7. The van der Waals surface area contributed by atoms with Gasteiger partial charge in [0.25, 0.3) is 5.91 Å². The first-order valence-electron chi connectivity index (χ1n) is 9.28. The quantitative estimate of drug-likeness (QED) is 0.600. The van der Waals surface area contributed by atoms with Gasteiger partial charge in [0.05, 0.1) is 6.42 Å². The first kappa shape index (κ1) is 18.7. The van der Waals surface area contributed by atoms with Crippen LogP contribution in [-0.2, 0) is 17.8 Å². The molecule has 5 heteroatoms. The summed E-state index contributed by atoms with van der Waals surface area (Å²) < 4.78 is 0. The maximum absolute atomic E-state index is 12.3. The number of carbonyl (C=O) groups is 2. The second-order valence-electron chi connectivity index (χ2n) is 6.80. The largest absolute Gasteiger partial charge is 0.361 e. The summed E-state index contributed by atoms with van der Waals surface area (Å²) in [5.74, 6) is -0.134. The van der Waals surface area contributed by atoms with Crippen LogP contribution in [0, 0.1) is 0 Å². The molecule has 3 N–H and O–H groups in total. The normalized spacial score (nSPS) is 11.9. The fourth-order valence-electron chi connectivity index (χ4n) is 2.95. The van der Waals surface area contributed by atoms with Gasteiger partial charge >= 0.3 is 0 Å². The minimum Gasteiger partial charge on any atom is -0.361 e. The second-order valence-corrected chi connectivity index (χ2v) is 6.80. The molecule has 0 radical (unpaired) electrons. The third-order valence-corrected chi connectivity index (χ3v) is 4.69. The molecule has 2 aromatic carbocycles. The Bertz CT molecular complexity index is 945. The Kier molecular flexibility index (Phi) is 5.91. The molecular formula is C22H25N3O2. The van der Waals surface area contributed by atoms with Gasteiger partial charge in [-0.25, -0.2) is 0 Å². The lowest BCUT2D eigenvalue weighted by Crippen LogP contribution is -2.32. The Morgan fingerprint density at radius 1 is 1.11 bits per heavy atom. The lowest BCUT2D eigenvalue weighted by atomic mass is 10.1. The zero-order chi connectivity index (χ0) is 19.2. The summed E-state index contributed by atoms with van der Waals surface area (Å²) in [7, 11) is 0. The van der Waals surface area contributed by atoms with Gasteiger partial charge in [0.2, 0.25) is 5.91 Å². The van der Waals surface area contributed by atoms with Crippen molar-refractivity contribution in [3.63, 3.8) is 0 Å². The summed E-state index contributed by atoms with van der Waals surface area (Å²) in [6.45, 7) is 4.41. The Morgan fingerprint density at radius 2 is 1.93 bits per heavy atom. The van der Waals surface area contributed by atoms with Gasteiger partial charge in [0, 0.05) is 35.2 Å². The van der Waals surface area contributed by atoms with E-state index in [0.717, 1.165) is 28.5 Å². The average molecular weight is 363 g/mol. The number of H-pyrrole nitrogens is 1. The topological polar surface area (TPSA) is 74.0 Å². The number of nitrogens with one attached hydrogen (secondary N) is 3. The summed E-state index contributed by atoms with van der Waals surface area (Å²) in [6.07, 6.45) is 3.08. The lowest BCUT2D eigenvalue weighted by Gasteiger charge is -2.12. The average Bonchev–Trinajstić information content (AvgIpc) is 3.09. The fourth-order valence-corrected chi connectivity index (χ4v) is 2.95. The fraction of sp³-hybridized carbons (Fsp3) is 0.273. The molecule has 0 spiro atoms. The van der Waals surface area contributed by atoms with Crippen molar-refractivity contribution < 1.29 is 9.59 Å². The van der Waals surface area contributed by atoms with Crippen LogP contribution in [0.2, 0.25) is 0 Å². The van der Waals surface area contributed by atoms with Crippen LogP contribution in [0.1, 0.15) is 41.8 Å². The smallest absolute Gasteiger partial charge is 0.251 e. The number of para-hydroxylation sites is 1. The Hall–Kier alpha value is -3.08. The molecule has 1 atom stereocenters. The van der Waals surface area contributed by atoms with Crippen molar-refractivity contribution in [2.75, 3.05) is 0 Å². The van der Waals surface area contributed by atoms with Crippen LogP contribution in [0.4, 0.5) is 0 Å². The van der Waals surface area contributed by atoms with Crippen molar-refractivity contribution in [3.05, 3.63) is 71.4 Å². The molecule has 3 rings (SSSR count). The van der Waals surface area contributed by atoms with Crippen molar-refractivity contribution in [2.45, 2.75) is 39.3 Å². The number of aromatic amines is 1. The van der Waals surface area contributed by atoms with Gasteiger partial charge < -0.3 is 15.6 Å². The minimum absolute atomic E-state index is 0.0470. The number of carbonyl (C=O) groups excluding carboxylic acids is 2. The van der Waals surface area contributed by atoms with E-state index >= 15 is 0 Å². The standard InChI is InChI=1S/C22H25N3O2/c1-3-15(2)25-22(27)17-8-6-7-16(11-17)13-24-21(26)12-18-14-23-20-10-5-4-9-19(18)20/h4-11,14-15,23H,3,12-13H2,1-2H3,(H,24,26)(H,25,27)/t15-/m1/s1. The molecule has 0 unspecified atom stereocenters. The lowest BCUT2D eigenvalue weighted by molar-refractivity contribution is -0.120. The van der Waals surface area contributed by atoms with E-state index in [2.05, 4.69) is 15.6 Å². The highest BCUT2D eigenvalue weighted by atomic mass is 16.2. The molecule has 3 aromatic rings. The van der Waals surface area contributed by atoms with E-state index in [0.29, 0.717) is 18.5 Å². The highest BCUT2D eigenvalue weighted by Gasteiger charge is 2.11. The molecule has 0 bridgehead atoms. The second kappa shape index (κ2) is 8.54. The number of benzene rings is 2. The molecule has 1 aromatic heterocycles. The monoisotopic (exact) mass is 363 g/mol. The Labute approximate surface area is 159 Å². The predicted octanol–water partition coefficient (Wildman–Crippen LogP) is 3.56. The molecule has 27 heavy (non-hydrogen) atoms. The van der Waals surface area contributed by atoms with Crippen molar-refractivity contribution >= 4 is 22.7 Å². The molecule has 140 valence electrons. The van der Waals surface area contributed by atoms with E-state index in [4.69, 9.17) is 0 Å². The number of hydrogen-bond donors (Lipinski definition) is 3. The van der Waals surface area contributed by atoms with Crippen molar-refractivity contribution in [3.8, 4) is 0 Å². The molecule has 5 nitrogen and oxygen atoms in total. The zero-order valence-electron chi connectivity index (χ0n) is 15.7. The van der Waals surface area contributed by atoms with Gasteiger partial charge in [-0.05, 0) is 42.7 Å². The van der Waals surface area contributed by atoms with Gasteiger partial charge in [0.15, 0.2) is 0 Å². The van der Waals surface area contributed by atoms with Crippen molar-refractivity contribution in [2.24, 2.45) is 0 Å². The first-order chi connectivity index (χ1) is 13.1. The van der Waals surface area contributed by atoms with E-state index in [1.165, 1.54) is 0 Å². The highest BCUT2D eigenvalue weighted by molar-refractivity contribution is 5.94.